The average molecular weight is 208 g/mol. The SMILES string of the molecule is Cc1cc(CNC(=O)C(F)(F)F)on1. The van der Waals surface area contributed by atoms with Crippen LogP contribution >= 0.6 is 0 Å². The van der Waals surface area contributed by atoms with Crippen LogP contribution in [0.2, 0.25) is 0 Å². The molecular formula is C7H7F3N2O2. The Bertz CT molecular complexity index is 332. The van der Waals surface area contributed by atoms with Gasteiger partial charge in [0.1, 0.15) is 0 Å². The number of alkyl halides is 3. The Kier molecular flexibility index (Phi) is 2.78. The number of aromatic nitrogens is 1. The van der Waals surface area contributed by atoms with Crippen molar-refractivity contribution in [2.75, 3.05) is 0 Å². The summed E-state index contributed by atoms with van der Waals surface area (Å²) < 4.78 is 39.7. The van der Waals surface area contributed by atoms with Gasteiger partial charge in [0.2, 0.25) is 0 Å². The quantitative estimate of drug-likeness (QED) is 0.793. The Labute approximate surface area is 77.1 Å². The number of halogens is 3. The van der Waals surface area contributed by atoms with Crippen LogP contribution in [0, 0.1) is 6.92 Å². The number of carbonyl (C=O) groups is 1. The summed E-state index contributed by atoms with van der Waals surface area (Å²) >= 11 is 0. The maximum Gasteiger partial charge on any atom is 0.471 e. The molecule has 0 atom stereocenters. The summed E-state index contributed by atoms with van der Waals surface area (Å²) in [6, 6.07) is 1.44. The molecule has 0 saturated carbocycles. The van der Waals surface area contributed by atoms with E-state index in [1.54, 1.807) is 12.2 Å². The van der Waals surface area contributed by atoms with Gasteiger partial charge in [-0.1, -0.05) is 5.16 Å². The summed E-state index contributed by atoms with van der Waals surface area (Å²) in [7, 11) is 0. The highest BCUT2D eigenvalue weighted by atomic mass is 19.4. The van der Waals surface area contributed by atoms with E-state index in [-0.39, 0.29) is 12.3 Å². The molecule has 0 spiro atoms. The van der Waals surface area contributed by atoms with E-state index in [9.17, 15) is 18.0 Å². The van der Waals surface area contributed by atoms with E-state index in [2.05, 4.69) is 9.68 Å². The van der Waals surface area contributed by atoms with Crippen LogP contribution in [0.1, 0.15) is 11.5 Å². The predicted molar refractivity (Wildman–Crippen MR) is 39.1 cm³/mol. The zero-order chi connectivity index (χ0) is 10.8. The number of nitrogens with one attached hydrogen (secondary N) is 1. The average Bonchev–Trinajstić information content (AvgIpc) is 2.45. The van der Waals surface area contributed by atoms with Gasteiger partial charge in [0.15, 0.2) is 5.76 Å². The molecule has 0 aliphatic rings. The third kappa shape index (κ3) is 2.75. The molecule has 0 unspecified atom stereocenters. The first-order valence-corrected chi connectivity index (χ1v) is 3.67. The normalized spacial score (nSPS) is 11.4. The first-order chi connectivity index (χ1) is 6.39. The van der Waals surface area contributed by atoms with E-state index < -0.39 is 12.1 Å². The molecule has 1 aromatic rings. The van der Waals surface area contributed by atoms with Crippen LogP contribution in [-0.2, 0) is 11.3 Å². The largest absolute Gasteiger partial charge is 0.471 e. The fourth-order valence-corrected chi connectivity index (χ4v) is 0.767. The molecule has 7 heteroatoms. The number of nitrogens with zero attached hydrogens (tertiary/aromatic N) is 1. The predicted octanol–water partition coefficient (Wildman–Crippen LogP) is 1.16. The van der Waals surface area contributed by atoms with Crippen molar-refractivity contribution in [3.63, 3.8) is 0 Å². The van der Waals surface area contributed by atoms with E-state index in [0.29, 0.717) is 5.69 Å². The van der Waals surface area contributed by atoms with Gasteiger partial charge in [-0.25, -0.2) is 0 Å². The Morgan fingerprint density at radius 1 is 1.64 bits per heavy atom. The molecule has 1 amide bonds. The summed E-state index contributed by atoms with van der Waals surface area (Å²) in [6.07, 6.45) is -4.87. The van der Waals surface area contributed by atoms with Crippen LogP contribution in [0.3, 0.4) is 0 Å². The lowest BCUT2D eigenvalue weighted by atomic mass is 10.4. The van der Waals surface area contributed by atoms with Crippen LogP contribution < -0.4 is 5.32 Å². The zero-order valence-electron chi connectivity index (χ0n) is 7.18. The van der Waals surface area contributed by atoms with Crippen molar-refractivity contribution in [2.45, 2.75) is 19.6 Å². The van der Waals surface area contributed by atoms with E-state index >= 15 is 0 Å². The van der Waals surface area contributed by atoms with Crippen LogP contribution in [0.15, 0.2) is 10.6 Å². The molecule has 0 radical (unpaired) electrons. The maximum atomic E-state index is 11.7. The second-order valence-electron chi connectivity index (χ2n) is 2.62. The number of hydrogen-bond donors (Lipinski definition) is 1. The second kappa shape index (κ2) is 3.69. The Hall–Kier alpha value is -1.53. The number of rotatable bonds is 2. The molecule has 4 nitrogen and oxygen atoms in total. The van der Waals surface area contributed by atoms with Crippen LogP contribution in [-0.4, -0.2) is 17.2 Å². The third-order valence-electron chi connectivity index (χ3n) is 1.36. The smallest absolute Gasteiger partial charge is 0.359 e. The van der Waals surface area contributed by atoms with Crippen LogP contribution in [0.4, 0.5) is 13.2 Å². The highest BCUT2D eigenvalue weighted by Gasteiger charge is 2.38. The summed E-state index contributed by atoms with van der Waals surface area (Å²) in [5, 5.41) is 5.10. The maximum absolute atomic E-state index is 11.7. The summed E-state index contributed by atoms with van der Waals surface area (Å²) in [6.45, 7) is 1.30. The van der Waals surface area contributed by atoms with Gasteiger partial charge in [0.05, 0.1) is 12.2 Å². The van der Waals surface area contributed by atoms with E-state index in [1.807, 2.05) is 0 Å². The number of carbonyl (C=O) groups excluding carboxylic acids is 1. The van der Waals surface area contributed by atoms with Gasteiger partial charge in [-0.2, -0.15) is 13.2 Å². The van der Waals surface area contributed by atoms with Gasteiger partial charge in [-0.3, -0.25) is 4.79 Å². The third-order valence-corrected chi connectivity index (χ3v) is 1.36. The molecule has 0 saturated heterocycles. The first kappa shape index (κ1) is 10.6. The fraction of sp³-hybridized carbons (Fsp3) is 0.429. The van der Waals surface area contributed by atoms with Crippen molar-refractivity contribution in [3.05, 3.63) is 17.5 Å². The number of hydrogen-bond acceptors (Lipinski definition) is 3. The minimum atomic E-state index is -4.87. The summed E-state index contributed by atoms with van der Waals surface area (Å²) in [5.74, 6) is -1.81. The second-order valence-corrected chi connectivity index (χ2v) is 2.62. The molecule has 0 aliphatic carbocycles. The standard InChI is InChI=1S/C7H7F3N2O2/c1-4-2-5(14-12-4)3-11-6(13)7(8,9)10/h2H,3H2,1H3,(H,11,13). The van der Waals surface area contributed by atoms with Gasteiger partial charge in [-0.05, 0) is 6.92 Å². The monoisotopic (exact) mass is 208 g/mol. The van der Waals surface area contributed by atoms with Gasteiger partial charge in [0.25, 0.3) is 0 Å². The Balaban J connectivity index is 2.46. The molecule has 78 valence electrons. The lowest BCUT2D eigenvalue weighted by Gasteiger charge is -2.05. The summed E-state index contributed by atoms with van der Waals surface area (Å²) in [4.78, 5) is 10.3. The van der Waals surface area contributed by atoms with Gasteiger partial charge in [0, 0.05) is 6.07 Å². The van der Waals surface area contributed by atoms with Crippen molar-refractivity contribution in [3.8, 4) is 0 Å². The number of amides is 1. The molecule has 0 aliphatic heterocycles. The topological polar surface area (TPSA) is 55.1 Å². The Morgan fingerprint density at radius 2 is 2.29 bits per heavy atom. The van der Waals surface area contributed by atoms with E-state index in [0.717, 1.165) is 0 Å². The molecule has 14 heavy (non-hydrogen) atoms. The van der Waals surface area contributed by atoms with Gasteiger partial charge in [-0.15, -0.1) is 0 Å². The highest BCUT2D eigenvalue weighted by Crippen LogP contribution is 2.14. The van der Waals surface area contributed by atoms with Crippen molar-refractivity contribution >= 4 is 5.91 Å². The van der Waals surface area contributed by atoms with E-state index in [1.165, 1.54) is 6.07 Å². The summed E-state index contributed by atoms with van der Waals surface area (Å²) in [5.41, 5.74) is 0.543. The van der Waals surface area contributed by atoms with Crippen molar-refractivity contribution in [1.82, 2.24) is 10.5 Å². The fourth-order valence-electron chi connectivity index (χ4n) is 0.767. The molecule has 0 bridgehead atoms. The molecule has 1 aromatic heterocycles. The van der Waals surface area contributed by atoms with Crippen LogP contribution in [0.25, 0.3) is 0 Å². The van der Waals surface area contributed by atoms with Gasteiger partial charge >= 0.3 is 12.1 Å². The Morgan fingerprint density at radius 3 is 2.71 bits per heavy atom. The molecule has 1 heterocycles. The van der Waals surface area contributed by atoms with Crippen LogP contribution in [0.5, 0.6) is 0 Å². The number of aryl methyl sites for hydroxylation is 1. The minimum Gasteiger partial charge on any atom is -0.359 e. The van der Waals surface area contributed by atoms with Gasteiger partial charge < -0.3 is 9.84 Å². The van der Waals surface area contributed by atoms with Crippen molar-refractivity contribution in [2.24, 2.45) is 0 Å². The molecule has 0 aromatic carbocycles. The zero-order valence-corrected chi connectivity index (χ0v) is 7.18. The molecule has 1 N–H and O–H groups in total. The molecule has 1 rings (SSSR count). The van der Waals surface area contributed by atoms with Crippen molar-refractivity contribution in [1.29, 1.82) is 0 Å². The van der Waals surface area contributed by atoms with E-state index in [4.69, 9.17) is 0 Å². The first-order valence-electron chi connectivity index (χ1n) is 3.67. The lowest BCUT2D eigenvalue weighted by molar-refractivity contribution is -0.173. The highest BCUT2D eigenvalue weighted by molar-refractivity contribution is 5.81. The lowest BCUT2D eigenvalue weighted by Crippen LogP contribution is -2.36. The minimum absolute atomic E-state index is 0.181. The molecule has 0 fully saturated rings. The van der Waals surface area contributed by atoms with Crippen molar-refractivity contribution < 1.29 is 22.5 Å². The molecular weight excluding hydrogens is 201 g/mol.